The van der Waals surface area contributed by atoms with E-state index >= 15 is 0 Å². The predicted octanol–water partition coefficient (Wildman–Crippen LogP) is 3.20. The molecule has 0 amide bonds. The molecule has 0 saturated heterocycles. The minimum absolute atomic E-state index is 0. The summed E-state index contributed by atoms with van der Waals surface area (Å²) in [6, 6.07) is 9.75. The highest BCUT2D eigenvalue weighted by atomic mass is 32.2. The highest BCUT2D eigenvalue weighted by molar-refractivity contribution is 7.89. The van der Waals surface area contributed by atoms with Crippen LogP contribution in [0.1, 0.15) is 30.2 Å². The fourth-order valence-electron chi connectivity index (χ4n) is 2.48. The van der Waals surface area contributed by atoms with Gasteiger partial charge < -0.3 is 10.6 Å². The number of nitrogens with zero attached hydrogens (tertiary/aromatic N) is 3. The van der Waals surface area contributed by atoms with Crippen LogP contribution in [0.4, 0.5) is 23.3 Å². The van der Waals surface area contributed by atoms with Gasteiger partial charge in [0.25, 0.3) is 0 Å². The van der Waals surface area contributed by atoms with E-state index in [4.69, 9.17) is 5.14 Å². The molecule has 2 aromatic heterocycles. The second-order valence-electron chi connectivity index (χ2n) is 6.07. The third-order valence-electron chi connectivity index (χ3n) is 3.97. The van der Waals surface area contributed by atoms with Crippen LogP contribution in [0.3, 0.4) is 0 Å². The van der Waals surface area contributed by atoms with Crippen molar-refractivity contribution in [3.05, 3.63) is 48.3 Å². The molecule has 142 valence electrons. The highest BCUT2D eigenvalue weighted by Gasteiger charge is 2.25. The zero-order valence-corrected chi connectivity index (χ0v) is 14.5. The third kappa shape index (κ3) is 3.81. The summed E-state index contributed by atoms with van der Waals surface area (Å²) >= 11 is 0. The number of sulfonamides is 1. The van der Waals surface area contributed by atoms with E-state index in [1.807, 2.05) is 6.07 Å². The lowest BCUT2D eigenvalue weighted by molar-refractivity contribution is 0.598. The molecule has 1 aromatic carbocycles. The molecule has 10 heteroatoms. The van der Waals surface area contributed by atoms with Crippen molar-refractivity contribution in [2.24, 2.45) is 5.14 Å². The normalized spacial score (nSPS) is 14.2. The van der Waals surface area contributed by atoms with Crippen molar-refractivity contribution in [1.29, 1.82) is 0 Å². The molecule has 3 aromatic rings. The largest absolute Gasteiger partial charge is 0.324 e. The van der Waals surface area contributed by atoms with Crippen LogP contribution >= 0.6 is 0 Å². The molecule has 1 aliphatic rings. The van der Waals surface area contributed by atoms with Crippen LogP contribution < -0.4 is 15.8 Å². The topological polar surface area (TPSA) is 139 Å². The van der Waals surface area contributed by atoms with Gasteiger partial charge in [-0.15, -0.1) is 0 Å². The van der Waals surface area contributed by atoms with E-state index in [2.05, 4.69) is 30.8 Å². The number of nitrogens with one attached hydrogen (secondary N) is 3. The molecule has 1 saturated carbocycles. The van der Waals surface area contributed by atoms with Crippen molar-refractivity contribution in [3.8, 4) is 0 Å². The van der Waals surface area contributed by atoms with Crippen molar-refractivity contribution in [2.45, 2.75) is 23.7 Å². The summed E-state index contributed by atoms with van der Waals surface area (Å²) in [6.45, 7) is 0. The average molecular weight is 379 g/mol. The first-order valence-corrected chi connectivity index (χ1v) is 9.57. The number of hydrogen-bond acceptors (Lipinski definition) is 7. The number of anilines is 4. The summed E-state index contributed by atoms with van der Waals surface area (Å²) in [7, 11) is -3.71. The van der Waals surface area contributed by atoms with Crippen molar-refractivity contribution in [1.82, 2.24) is 20.2 Å². The lowest BCUT2D eigenvalue weighted by Crippen LogP contribution is -2.11. The number of aromatic amines is 1. The Morgan fingerprint density at radius 3 is 2.58 bits per heavy atom. The first-order chi connectivity index (χ1) is 12.5. The Kier molecular flexibility index (Phi) is 4.05. The molecule has 0 spiro atoms. The maximum absolute atomic E-state index is 11.3. The Morgan fingerprint density at radius 2 is 1.88 bits per heavy atom. The van der Waals surface area contributed by atoms with Crippen LogP contribution in [-0.2, 0) is 10.0 Å². The van der Waals surface area contributed by atoms with E-state index in [0.29, 0.717) is 29.2 Å². The zero-order chi connectivity index (χ0) is 18.1. The summed E-state index contributed by atoms with van der Waals surface area (Å²) in [5.74, 6) is 2.27. The number of aromatic nitrogens is 4. The molecule has 0 bridgehead atoms. The van der Waals surface area contributed by atoms with Crippen LogP contribution in [0.15, 0.2) is 47.5 Å². The molecule has 0 atom stereocenters. The van der Waals surface area contributed by atoms with E-state index in [0.717, 1.165) is 5.69 Å². The van der Waals surface area contributed by atoms with Crippen molar-refractivity contribution in [2.75, 3.05) is 10.6 Å². The number of nitrogens with two attached hydrogens (primary N) is 1. The fraction of sp³-hybridized carbons (Fsp3) is 0.188. The lowest BCUT2D eigenvalue weighted by atomic mass is 10.3. The van der Waals surface area contributed by atoms with E-state index in [-0.39, 0.29) is 10.6 Å². The second-order valence-corrected chi connectivity index (χ2v) is 7.63. The summed E-state index contributed by atoms with van der Waals surface area (Å²) < 4.78 is 22.6. The minimum Gasteiger partial charge on any atom is -0.324 e. The van der Waals surface area contributed by atoms with Crippen LogP contribution in [0.2, 0.25) is 0 Å². The van der Waals surface area contributed by atoms with Gasteiger partial charge in [-0.2, -0.15) is 10.1 Å². The molecule has 1 aliphatic carbocycles. The van der Waals surface area contributed by atoms with Crippen molar-refractivity contribution in [3.63, 3.8) is 0 Å². The number of H-pyrrole nitrogens is 1. The standard InChI is InChI=1S/C16H17N7O2S.4H2/c17-26(24,25)12-5-3-11(4-6-12)19-16-18-8-7-14(21-16)20-15-9-13(22-23-15)10-1-2-10;;;;/h3-10H,1-2H2,(H2,17,24,25)(H3,18,19,20,21,22,23);4*1H. The maximum Gasteiger partial charge on any atom is 0.238 e. The Balaban J connectivity index is 0.00000210. The van der Waals surface area contributed by atoms with Crippen LogP contribution in [-0.4, -0.2) is 28.6 Å². The Morgan fingerprint density at radius 1 is 1.12 bits per heavy atom. The SMILES string of the molecule is NS(=O)(=O)c1ccc(Nc2nccc(Nc3cc(C4CC4)[nH]n3)n2)cc1.[HH].[HH].[HH].[HH]. The second kappa shape index (κ2) is 6.39. The van der Waals surface area contributed by atoms with Gasteiger partial charge in [0.05, 0.1) is 4.90 Å². The predicted molar refractivity (Wildman–Crippen MR) is 105 cm³/mol. The van der Waals surface area contributed by atoms with Gasteiger partial charge in [0.15, 0.2) is 5.82 Å². The highest BCUT2D eigenvalue weighted by Crippen LogP contribution is 2.39. The van der Waals surface area contributed by atoms with E-state index in [9.17, 15) is 8.42 Å². The number of hydrogen-bond donors (Lipinski definition) is 4. The molecule has 0 radical (unpaired) electrons. The molecule has 1 fully saturated rings. The van der Waals surface area contributed by atoms with Crippen LogP contribution in [0, 0.1) is 0 Å². The molecule has 2 heterocycles. The lowest BCUT2D eigenvalue weighted by Gasteiger charge is -2.07. The Hall–Kier alpha value is -2.98. The fourth-order valence-corrected chi connectivity index (χ4v) is 3.00. The summed E-state index contributed by atoms with van der Waals surface area (Å²) in [6.07, 6.45) is 4.02. The number of rotatable bonds is 6. The van der Waals surface area contributed by atoms with Crippen molar-refractivity contribution < 1.29 is 14.1 Å². The van der Waals surface area contributed by atoms with Gasteiger partial charge in [0.2, 0.25) is 16.0 Å². The van der Waals surface area contributed by atoms with Gasteiger partial charge in [-0.1, -0.05) is 0 Å². The van der Waals surface area contributed by atoms with Gasteiger partial charge in [-0.05, 0) is 43.2 Å². The Bertz CT molecular complexity index is 1040. The first kappa shape index (κ1) is 16.5. The average Bonchev–Trinajstić information content (AvgIpc) is 3.35. The van der Waals surface area contributed by atoms with Gasteiger partial charge in [-0.3, -0.25) is 5.10 Å². The molecule has 4 rings (SSSR count). The number of benzene rings is 1. The minimum atomic E-state index is -3.71. The van der Waals surface area contributed by atoms with Crippen LogP contribution in [0.5, 0.6) is 0 Å². The first-order valence-electron chi connectivity index (χ1n) is 8.03. The van der Waals surface area contributed by atoms with Crippen molar-refractivity contribution >= 4 is 33.3 Å². The zero-order valence-electron chi connectivity index (χ0n) is 13.7. The molecular formula is C16H25N7O2S. The van der Waals surface area contributed by atoms with Gasteiger partial charge in [0.1, 0.15) is 5.82 Å². The molecule has 5 N–H and O–H groups in total. The van der Waals surface area contributed by atoms with Gasteiger partial charge in [-0.25, -0.2) is 18.5 Å². The van der Waals surface area contributed by atoms with E-state index in [1.165, 1.54) is 25.0 Å². The van der Waals surface area contributed by atoms with Gasteiger partial charge >= 0.3 is 0 Å². The molecular weight excluding hydrogens is 354 g/mol. The molecule has 0 unspecified atom stereocenters. The monoisotopic (exact) mass is 379 g/mol. The molecule has 0 aliphatic heterocycles. The van der Waals surface area contributed by atoms with E-state index in [1.54, 1.807) is 24.4 Å². The molecule has 26 heavy (non-hydrogen) atoms. The quantitative estimate of drug-likeness (QED) is 0.516. The smallest absolute Gasteiger partial charge is 0.238 e. The van der Waals surface area contributed by atoms with Crippen LogP contribution in [0.25, 0.3) is 0 Å². The maximum atomic E-state index is 11.3. The Labute approximate surface area is 156 Å². The molecule has 9 nitrogen and oxygen atoms in total. The third-order valence-corrected chi connectivity index (χ3v) is 4.89. The number of primary sulfonamides is 1. The summed E-state index contributed by atoms with van der Waals surface area (Å²) in [4.78, 5) is 8.58. The van der Waals surface area contributed by atoms with Gasteiger partial charge in [0, 0.05) is 35.3 Å². The summed E-state index contributed by atoms with van der Waals surface area (Å²) in [5.41, 5.74) is 1.78. The summed E-state index contributed by atoms with van der Waals surface area (Å²) in [5, 5.41) is 18.5. The van der Waals surface area contributed by atoms with E-state index < -0.39 is 10.0 Å².